The zero-order chi connectivity index (χ0) is 44.9. The fraction of sp³-hybridized carbons (Fsp3) is 0.0161. The van der Waals surface area contributed by atoms with Crippen LogP contribution in [-0.4, -0.2) is 19.5 Å². The molecule has 0 unspecified atom stereocenters. The highest BCUT2D eigenvalue weighted by Crippen LogP contribution is 2.42. The molecular formula is C62H38N4OS. The maximum atomic E-state index is 6.38. The van der Waals surface area contributed by atoms with Gasteiger partial charge in [0.1, 0.15) is 11.2 Å². The minimum Gasteiger partial charge on any atom is -0.456 e. The van der Waals surface area contributed by atoms with Crippen LogP contribution in [0.2, 0.25) is 0 Å². The van der Waals surface area contributed by atoms with Gasteiger partial charge in [0.2, 0.25) is 5.95 Å². The Kier molecular flexibility index (Phi) is 8.60. The molecule has 68 heavy (non-hydrogen) atoms. The fourth-order valence-corrected chi connectivity index (χ4v) is 11.4. The molecule has 5 nitrogen and oxygen atoms in total. The lowest BCUT2D eigenvalue weighted by molar-refractivity contribution is 0.669. The molecule has 0 amide bonds. The Morgan fingerprint density at radius 1 is 0.382 bits per heavy atom. The molecule has 0 saturated heterocycles. The predicted octanol–water partition coefficient (Wildman–Crippen LogP) is 17.0. The molecule has 0 radical (unpaired) electrons. The maximum absolute atomic E-state index is 6.38. The average Bonchev–Trinajstić information content (AvgIpc) is 4.07. The molecule has 0 aliphatic rings. The normalized spacial score (nSPS) is 11.9. The number of para-hydroxylation sites is 2. The summed E-state index contributed by atoms with van der Waals surface area (Å²) in [5.41, 5.74) is 13.5. The van der Waals surface area contributed by atoms with Gasteiger partial charge in [-0.3, -0.25) is 4.57 Å². The largest absolute Gasteiger partial charge is 0.456 e. The standard InChI is InChI=1S/C62H38N4OS/c1-37-13-9-19-44-33-53-51-24-12-23-46(43-20-11-18-41(32-43)39-16-10-17-40(31-39)42-27-30-50-49-22-6-8-26-57(49)68-58(50)35-42)59(51)66(54(53)36-52(37)44)62-64-60(38-14-3-2-4-15-38)63-61(65-62)45-28-29-48-47-21-5-7-25-55(47)67-56(48)34-45/h2-36H,1H3. The first-order valence-electron chi connectivity index (χ1n) is 22.9. The Morgan fingerprint density at radius 2 is 1.00 bits per heavy atom. The van der Waals surface area contributed by atoms with E-state index in [-0.39, 0.29) is 0 Å². The molecule has 0 N–H and O–H groups in total. The van der Waals surface area contributed by atoms with Gasteiger partial charge in [0.05, 0.1) is 11.0 Å². The van der Waals surface area contributed by atoms with Crippen molar-refractivity contribution in [3.8, 4) is 62.1 Å². The molecule has 6 heteroatoms. The first-order chi connectivity index (χ1) is 33.6. The summed E-state index contributed by atoms with van der Waals surface area (Å²) in [5, 5.41) is 9.39. The Labute approximate surface area is 394 Å². The molecule has 0 saturated carbocycles. The van der Waals surface area contributed by atoms with Gasteiger partial charge in [0, 0.05) is 58.4 Å². The zero-order valence-corrected chi connectivity index (χ0v) is 37.6. The van der Waals surface area contributed by atoms with Gasteiger partial charge in [-0.1, -0.05) is 158 Å². The van der Waals surface area contributed by atoms with E-state index in [4.69, 9.17) is 19.4 Å². The molecule has 0 fully saturated rings. The van der Waals surface area contributed by atoms with Gasteiger partial charge in [-0.15, -0.1) is 11.3 Å². The molecule has 0 atom stereocenters. The highest BCUT2D eigenvalue weighted by Gasteiger charge is 2.22. The monoisotopic (exact) mass is 886 g/mol. The van der Waals surface area contributed by atoms with Gasteiger partial charge in [-0.25, -0.2) is 4.98 Å². The predicted molar refractivity (Wildman–Crippen MR) is 284 cm³/mol. The van der Waals surface area contributed by atoms with Crippen LogP contribution >= 0.6 is 11.3 Å². The van der Waals surface area contributed by atoms with Crippen LogP contribution in [0, 0.1) is 6.92 Å². The minimum atomic E-state index is 0.540. The van der Waals surface area contributed by atoms with Crippen molar-refractivity contribution < 1.29 is 4.42 Å². The lowest BCUT2D eigenvalue weighted by atomic mass is 9.95. The SMILES string of the molecule is Cc1cccc2cc3c4cccc(-c5cccc(-c6cccc(-c7ccc8c(c7)sc7ccccc78)c6)c5)c4n(-c4nc(-c5ccccc5)nc(-c5ccc6c(c5)oc5ccccc56)n4)c3cc12. The number of hydrogen-bond acceptors (Lipinski definition) is 5. The van der Waals surface area contributed by atoms with E-state index in [0.29, 0.717) is 17.6 Å². The number of fused-ring (bicyclic) bond motifs is 10. The number of aryl methyl sites for hydroxylation is 1. The summed E-state index contributed by atoms with van der Waals surface area (Å²) in [5.74, 6) is 1.69. The van der Waals surface area contributed by atoms with Gasteiger partial charge in [-0.05, 0) is 106 Å². The van der Waals surface area contributed by atoms with Crippen LogP contribution in [0.25, 0.3) is 137 Å². The number of benzene rings is 10. The van der Waals surface area contributed by atoms with E-state index in [1.165, 1.54) is 47.6 Å². The summed E-state index contributed by atoms with van der Waals surface area (Å²) in [4.78, 5) is 15.9. The second-order valence-corrected chi connectivity index (χ2v) is 18.7. The van der Waals surface area contributed by atoms with Crippen molar-refractivity contribution in [2.75, 3.05) is 0 Å². The third-order valence-corrected chi connectivity index (χ3v) is 14.7. The van der Waals surface area contributed by atoms with Crippen molar-refractivity contribution in [1.82, 2.24) is 19.5 Å². The van der Waals surface area contributed by atoms with Crippen molar-refractivity contribution in [2.45, 2.75) is 6.92 Å². The van der Waals surface area contributed by atoms with Crippen LogP contribution in [0.5, 0.6) is 0 Å². The van der Waals surface area contributed by atoms with Gasteiger partial charge in [0.25, 0.3) is 0 Å². The molecule has 0 bridgehead atoms. The number of thiophene rings is 1. The van der Waals surface area contributed by atoms with Crippen LogP contribution in [0.3, 0.4) is 0 Å². The summed E-state index contributed by atoms with van der Waals surface area (Å²) in [7, 11) is 0. The van der Waals surface area contributed by atoms with Gasteiger partial charge in [-0.2, -0.15) is 9.97 Å². The molecule has 4 aromatic heterocycles. The lowest BCUT2D eigenvalue weighted by Crippen LogP contribution is -2.07. The summed E-state index contributed by atoms with van der Waals surface area (Å²) in [6.45, 7) is 2.18. The maximum Gasteiger partial charge on any atom is 0.238 e. The van der Waals surface area contributed by atoms with Crippen molar-refractivity contribution in [3.05, 3.63) is 218 Å². The van der Waals surface area contributed by atoms with Crippen LogP contribution in [0.4, 0.5) is 0 Å². The van der Waals surface area contributed by atoms with Crippen LogP contribution in [-0.2, 0) is 0 Å². The molecule has 14 rings (SSSR count). The third-order valence-electron chi connectivity index (χ3n) is 13.6. The van der Waals surface area contributed by atoms with Crippen molar-refractivity contribution in [1.29, 1.82) is 0 Å². The Bertz CT molecular complexity index is 4350. The number of aromatic nitrogens is 4. The summed E-state index contributed by atoms with van der Waals surface area (Å²) < 4.78 is 11.3. The molecule has 0 aliphatic carbocycles. The van der Waals surface area contributed by atoms with Gasteiger partial charge in [0.15, 0.2) is 11.6 Å². The summed E-state index contributed by atoms with van der Waals surface area (Å²) in [6.07, 6.45) is 0. The molecule has 14 aromatic rings. The molecule has 0 spiro atoms. The second-order valence-electron chi connectivity index (χ2n) is 17.6. The lowest BCUT2D eigenvalue weighted by Gasteiger charge is -2.14. The van der Waals surface area contributed by atoms with Gasteiger partial charge < -0.3 is 4.42 Å². The van der Waals surface area contributed by atoms with E-state index < -0.39 is 0 Å². The minimum absolute atomic E-state index is 0.540. The van der Waals surface area contributed by atoms with Crippen LogP contribution in [0.15, 0.2) is 217 Å². The number of rotatable bonds is 6. The number of furan rings is 1. The topological polar surface area (TPSA) is 56.7 Å². The second kappa shape index (κ2) is 15.2. The molecule has 318 valence electrons. The Hall–Kier alpha value is -8.71. The van der Waals surface area contributed by atoms with E-state index >= 15 is 0 Å². The van der Waals surface area contributed by atoms with E-state index in [1.54, 1.807) is 0 Å². The number of nitrogens with zero attached hydrogens (tertiary/aromatic N) is 4. The highest BCUT2D eigenvalue weighted by atomic mass is 32.1. The van der Waals surface area contributed by atoms with Crippen molar-refractivity contribution in [3.63, 3.8) is 0 Å². The van der Waals surface area contributed by atoms with Crippen LogP contribution in [0.1, 0.15) is 5.56 Å². The first-order valence-corrected chi connectivity index (χ1v) is 23.7. The smallest absolute Gasteiger partial charge is 0.238 e. The zero-order valence-electron chi connectivity index (χ0n) is 36.8. The average molecular weight is 887 g/mol. The first kappa shape index (κ1) is 38.5. The van der Waals surface area contributed by atoms with Gasteiger partial charge >= 0.3 is 0 Å². The van der Waals surface area contributed by atoms with E-state index in [2.05, 4.69) is 187 Å². The highest BCUT2D eigenvalue weighted by molar-refractivity contribution is 7.25. The van der Waals surface area contributed by atoms with Crippen LogP contribution < -0.4 is 0 Å². The molecule has 10 aromatic carbocycles. The third kappa shape index (κ3) is 6.19. The van der Waals surface area contributed by atoms with E-state index in [1.807, 2.05) is 47.7 Å². The quantitative estimate of drug-likeness (QED) is 0.167. The molecular weight excluding hydrogens is 849 g/mol. The summed E-state index contributed by atoms with van der Waals surface area (Å²) >= 11 is 1.86. The fourth-order valence-electron chi connectivity index (χ4n) is 10.3. The molecule has 0 aliphatic heterocycles. The Morgan fingerprint density at radius 3 is 1.85 bits per heavy atom. The van der Waals surface area contributed by atoms with Crippen molar-refractivity contribution in [2.24, 2.45) is 0 Å². The summed E-state index contributed by atoms with van der Waals surface area (Å²) in [6, 6.07) is 75.8. The van der Waals surface area contributed by atoms with Crippen molar-refractivity contribution >= 4 is 86.0 Å². The van der Waals surface area contributed by atoms with E-state index in [9.17, 15) is 0 Å². The number of hydrogen-bond donors (Lipinski definition) is 0. The Balaban J connectivity index is 0.971. The van der Waals surface area contributed by atoms with E-state index in [0.717, 1.165) is 77.1 Å². The molecule has 4 heterocycles.